The number of carboxylic acids is 1. The summed E-state index contributed by atoms with van der Waals surface area (Å²) in [5, 5.41) is 8.14. The molecule has 0 amide bonds. The topological polar surface area (TPSA) is 99.1 Å². The molecule has 1 saturated heterocycles. The van der Waals surface area contributed by atoms with Gasteiger partial charge in [-0.3, -0.25) is 14.4 Å². The first-order chi connectivity index (χ1) is 14.4. The lowest BCUT2D eigenvalue weighted by Crippen LogP contribution is -2.20. The van der Waals surface area contributed by atoms with Crippen molar-refractivity contribution in [1.82, 2.24) is 0 Å². The maximum Gasteiger partial charge on any atom is 0.306 e. The number of rotatable bonds is 15. The first kappa shape index (κ1) is 28.4. The van der Waals surface area contributed by atoms with Crippen LogP contribution in [0.25, 0.3) is 0 Å². The first-order valence-electron chi connectivity index (χ1n) is 11.6. The second-order valence-corrected chi connectivity index (χ2v) is 7.75. The van der Waals surface area contributed by atoms with Crippen LogP contribution in [0.4, 0.5) is 0 Å². The van der Waals surface area contributed by atoms with Gasteiger partial charge in [0.15, 0.2) is 0 Å². The summed E-state index contributed by atoms with van der Waals surface area (Å²) in [5.74, 6) is -1.00. The summed E-state index contributed by atoms with van der Waals surface area (Å²) in [6, 6.07) is 0. The van der Waals surface area contributed by atoms with Crippen LogP contribution in [0.5, 0.6) is 0 Å². The van der Waals surface area contributed by atoms with E-state index in [1.54, 1.807) is 0 Å². The minimum absolute atomic E-state index is 0.149. The molecule has 7 heteroatoms. The Labute approximate surface area is 181 Å². The Morgan fingerprint density at radius 2 is 1.37 bits per heavy atom. The van der Waals surface area contributed by atoms with Gasteiger partial charge in [0.25, 0.3) is 0 Å². The van der Waals surface area contributed by atoms with Crippen molar-refractivity contribution < 1.29 is 33.7 Å². The van der Waals surface area contributed by atoms with Crippen molar-refractivity contribution in [3.63, 3.8) is 0 Å². The monoisotopic (exact) mass is 430 g/mol. The molecule has 0 saturated carbocycles. The fraction of sp³-hybridized carbons (Fsp3) is 0.870. The van der Waals surface area contributed by atoms with E-state index in [9.17, 15) is 14.4 Å². The molecular formula is C23H42O7. The predicted molar refractivity (Wildman–Crippen MR) is 115 cm³/mol. The summed E-state index contributed by atoms with van der Waals surface area (Å²) in [6.45, 7) is 6.92. The van der Waals surface area contributed by atoms with Gasteiger partial charge in [0.05, 0.1) is 12.7 Å². The Bertz CT molecular complexity index is 464. The Kier molecular flexibility index (Phi) is 18.3. The molecule has 1 N–H and O–H groups in total. The quantitative estimate of drug-likeness (QED) is 0.287. The van der Waals surface area contributed by atoms with Crippen LogP contribution in [0.2, 0.25) is 0 Å². The highest BCUT2D eigenvalue weighted by Gasteiger charge is 2.29. The van der Waals surface area contributed by atoms with Crippen molar-refractivity contribution in [3.8, 4) is 0 Å². The number of unbranched alkanes of at least 4 members (excludes halogenated alkanes) is 6. The largest absolute Gasteiger partial charge is 0.481 e. The van der Waals surface area contributed by atoms with Gasteiger partial charge in [-0.15, -0.1) is 0 Å². The fourth-order valence-electron chi connectivity index (χ4n) is 2.94. The standard InChI is InChI=1S/C17H30O5.C6H12O2/c1-3-5-7-9-16(18)21-12-14-11-15(13-20-14)22-17(19)10-8-6-4-2;1-2-3-4-5-6(7)8/h14-15H,3-13H2,1-2H3;2-5H2,1H3,(H,7,8)/t14?,15-;/m1./s1. The lowest BCUT2D eigenvalue weighted by molar-refractivity contribution is -0.149. The van der Waals surface area contributed by atoms with E-state index in [1.807, 2.05) is 0 Å². The van der Waals surface area contributed by atoms with Gasteiger partial charge in [0.2, 0.25) is 0 Å². The molecule has 1 aliphatic rings. The zero-order chi connectivity index (χ0) is 22.6. The summed E-state index contributed by atoms with van der Waals surface area (Å²) in [5.41, 5.74) is 0. The van der Waals surface area contributed by atoms with E-state index < -0.39 is 5.97 Å². The third kappa shape index (κ3) is 17.2. The smallest absolute Gasteiger partial charge is 0.306 e. The zero-order valence-electron chi connectivity index (χ0n) is 19.2. The van der Waals surface area contributed by atoms with Gasteiger partial charge in [-0.05, 0) is 19.3 Å². The second kappa shape index (κ2) is 19.3. The van der Waals surface area contributed by atoms with Crippen LogP contribution in [0.3, 0.4) is 0 Å². The van der Waals surface area contributed by atoms with Crippen molar-refractivity contribution >= 4 is 17.9 Å². The third-order valence-electron chi connectivity index (χ3n) is 4.74. The molecule has 1 rings (SSSR count). The highest BCUT2D eigenvalue weighted by Crippen LogP contribution is 2.18. The number of carbonyl (C=O) groups is 3. The fourth-order valence-corrected chi connectivity index (χ4v) is 2.94. The molecule has 1 heterocycles. The minimum Gasteiger partial charge on any atom is -0.481 e. The summed E-state index contributed by atoms with van der Waals surface area (Å²) in [6.07, 6.45) is 10.5. The molecule has 1 aliphatic heterocycles. The van der Waals surface area contributed by atoms with Crippen LogP contribution in [-0.2, 0) is 28.6 Å². The lowest BCUT2D eigenvalue weighted by Gasteiger charge is -2.11. The van der Waals surface area contributed by atoms with E-state index in [-0.39, 0.29) is 30.8 Å². The number of aliphatic carboxylic acids is 1. The normalized spacial score (nSPS) is 17.7. The number of hydrogen-bond acceptors (Lipinski definition) is 6. The van der Waals surface area contributed by atoms with Crippen LogP contribution in [0.15, 0.2) is 0 Å². The SMILES string of the molecule is CCCCCC(=O)O.CCCCCC(=O)OCC1C[C@@H](OC(=O)CCCCC)CO1. The summed E-state index contributed by atoms with van der Waals surface area (Å²) < 4.78 is 16.1. The van der Waals surface area contributed by atoms with E-state index >= 15 is 0 Å². The number of hydrogen-bond donors (Lipinski definition) is 1. The Hall–Kier alpha value is -1.63. The Morgan fingerprint density at radius 3 is 1.90 bits per heavy atom. The van der Waals surface area contributed by atoms with Crippen molar-refractivity contribution in [2.75, 3.05) is 13.2 Å². The highest BCUT2D eigenvalue weighted by atomic mass is 16.6. The van der Waals surface area contributed by atoms with Gasteiger partial charge >= 0.3 is 17.9 Å². The molecule has 1 unspecified atom stereocenters. The molecule has 7 nitrogen and oxygen atoms in total. The molecule has 0 aromatic rings. The van der Waals surface area contributed by atoms with Gasteiger partial charge in [0, 0.05) is 25.7 Å². The minimum atomic E-state index is -0.682. The van der Waals surface area contributed by atoms with E-state index in [1.165, 1.54) is 0 Å². The van der Waals surface area contributed by atoms with Crippen LogP contribution in [-0.4, -0.2) is 48.4 Å². The lowest BCUT2D eigenvalue weighted by atomic mass is 10.2. The van der Waals surface area contributed by atoms with Crippen LogP contribution < -0.4 is 0 Å². The van der Waals surface area contributed by atoms with Gasteiger partial charge in [-0.1, -0.05) is 59.3 Å². The average Bonchev–Trinajstić information content (AvgIpc) is 3.14. The molecule has 30 heavy (non-hydrogen) atoms. The Balaban J connectivity index is 0.000000890. The van der Waals surface area contributed by atoms with Crippen molar-refractivity contribution in [3.05, 3.63) is 0 Å². The Morgan fingerprint density at radius 1 is 0.833 bits per heavy atom. The van der Waals surface area contributed by atoms with Gasteiger partial charge in [0.1, 0.15) is 12.7 Å². The summed E-state index contributed by atoms with van der Waals surface area (Å²) >= 11 is 0. The molecule has 0 aliphatic carbocycles. The number of esters is 2. The summed E-state index contributed by atoms with van der Waals surface area (Å²) in [7, 11) is 0. The van der Waals surface area contributed by atoms with Gasteiger partial charge < -0.3 is 19.3 Å². The summed E-state index contributed by atoms with van der Waals surface area (Å²) in [4.78, 5) is 33.0. The number of carboxylic acid groups (broad SMARTS) is 1. The maximum absolute atomic E-state index is 11.6. The molecule has 0 spiro atoms. The molecule has 2 atom stereocenters. The van der Waals surface area contributed by atoms with Crippen molar-refractivity contribution in [2.24, 2.45) is 0 Å². The number of ether oxygens (including phenoxy) is 3. The van der Waals surface area contributed by atoms with Crippen molar-refractivity contribution in [2.45, 2.75) is 116 Å². The first-order valence-corrected chi connectivity index (χ1v) is 11.6. The van der Waals surface area contributed by atoms with Crippen LogP contribution >= 0.6 is 0 Å². The van der Waals surface area contributed by atoms with Crippen molar-refractivity contribution in [1.29, 1.82) is 0 Å². The average molecular weight is 431 g/mol. The van der Waals surface area contributed by atoms with E-state index in [0.717, 1.165) is 57.8 Å². The molecule has 0 radical (unpaired) electrons. The highest BCUT2D eigenvalue weighted by molar-refractivity contribution is 5.69. The molecular weight excluding hydrogens is 388 g/mol. The van der Waals surface area contributed by atoms with E-state index in [2.05, 4.69) is 20.8 Å². The van der Waals surface area contributed by atoms with Gasteiger partial charge in [-0.2, -0.15) is 0 Å². The molecule has 0 aromatic carbocycles. The zero-order valence-corrected chi connectivity index (χ0v) is 19.2. The third-order valence-corrected chi connectivity index (χ3v) is 4.74. The van der Waals surface area contributed by atoms with Crippen LogP contribution in [0.1, 0.15) is 104 Å². The van der Waals surface area contributed by atoms with Crippen LogP contribution in [0, 0.1) is 0 Å². The maximum atomic E-state index is 11.6. The van der Waals surface area contributed by atoms with Gasteiger partial charge in [-0.25, -0.2) is 0 Å². The molecule has 1 fully saturated rings. The molecule has 176 valence electrons. The van der Waals surface area contributed by atoms with E-state index in [0.29, 0.717) is 32.3 Å². The number of carbonyl (C=O) groups excluding carboxylic acids is 2. The predicted octanol–water partition coefficient (Wildman–Crippen LogP) is 5.04. The van der Waals surface area contributed by atoms with E-state index in [4.69, 9.17) is 19.3 Å². The molecule has 0 bridgehead atoms. The molecule has 0 aromatic heterocycles. The second-order valence-electron chi connectivity index (χ2n) is 7.75.